The molecule has 0 bridgehead atoms. The van der Waals surface area contributed by atoms with Gasteiger partial charge in [0.15, 0.2) is 0 Å². The van der Waals surface area contributed by atoms with Crippen LogP contribution in [0.4, 0.5) is 10.1 Å². The Morgan fingerprint density at radius 3 is 2.56 bits per heavy atom. The first kappa shape index (κ1) is 10.7. The van der Waals surface area contributed by atoms with Gasteiger partial charge in [0.2, 0.25) is 0 Å². The third-order valence-corrected chi connectivity index (χ3v) is 2.44. The predicted molar refractivity (Wildman–Crippen MR) is 66.4 cm³/mol. The Kier molecular flexibility index (Phi) is 2.90. The zero-order valence-corrected chi connectivity index (χ0v) is 9.02. The van der Waals surface area contributed by atoms with Crippen molar-refractivity contribution in [2.24, 2.45) is 0 Å². The molecule has 0 aliphatic rings. The van der Waals surface area contributed by atoms with Crippen molar-refractivity contribution in [3.05, 3.63) is 42.5 Å². The fourth-order valence-corrected chi connectivity index (χ4v) is 1.68. The third-order valence-electron chi connectivity index (χ3n) is 2.44. The molecule has 0 spiro atoms. The first-order valence-electron chi connectivity index (χ1n) is 5.14. The van der Waals surface area contributed by atoms with E-state index in [1.54, 1.807) is 12.1 Å². The van der Waals surface area contributed by atoms with E-state index in [0.717, 1.165) is 5.56 Å². The van der Waals surface area contributed by atoms with Crippen LogP contribution < -0.4 is 11.2 Å². The third kappa shape index (κ3) is 2.05. The molecular formula is C12H12BFN2. The van der Waals surface area contributed by atoms with Crippen LogP contribution >= 0.6 is 0 Å². The average molecular weight is 214 g/mol. The molecular weight excluding hydrogens is 202 g/mol. The van der Waals surface area contributed by atoms with Crippen molar-refractivity contribution in [1.29, 1.82) is 0 Å². The summed E-state index contributed by atoms with van der Waals surface area (Å²) in [5, 5.41) is 0. The minimum absolute atomic E-state index is 0.443. The number of pyridine rings is 1. The van der Waals surface area contributed by atoms with Crippen molar-refractivity contribution >= 4 is 18.3 Å². The maximum Gasteiger partial charge on any atom is 0.378 e. The van der Waals surface area contributed by atoms with Gasteiger partial charge in [-0.2, -0.15) is 0 Å². The number of halogens is 1. The lowest BCUT2D eigenvalue weighted by Crippen LogP contribution is -2.23. The van der Waals surface area contributed by atoms with Gasteiger partial charge in [-0.05, 0) is 30.0 Å². The van der Waals surface area contributed by atoms with Crippen LogP contribution in [-0.4, -0.2) is 12.0 Å². The van der Waals surface area contributed by atoms with Crippen LogP contribution in [0.3, 0.4) is 0 Å². The van der Waals surface area contributed by atoms with E-state index in [1.807, 2.05) is 30.3 Å². The largest absolute Gasteiger partial charge is 0.384 e. The lowest BCUT2D eigenvalue weighted by molar-refractivity contribution is 0.856. The van der Waals surface area contributed by atoms with Crippen molar-refractivity contribution < 1.29 is 4.32 Å². The van der Waals surface area contributed by atoms with Gasteiger partial charge in [0.05, 0.1) is 5.69 Å². The highest BCUT2D eigenvalue weighted by molar-refractivity contribution is 6.67. The molecule has 2 rings (SSSR count). The zero-order chi connectivity index (χ0) is 11.5. The zero-order valence-electron chi connectivity index (χ0n) is 9.02. The number of anilines is 1. The monoisotopic (exact) mass is 214 g/mol. The molecule has 0 amide bonds. The van der Waals surface area contributed by atoms with Crippen LogP contribution in [0.1, 0.15) is 0 Å². The Balaban J connectivity index is 2.55. The van der Waals surface area contributed by atoms with Gasteiger partial charge in [0.1, 0.15) is 5.82 Å². The second-order valence-corrected chi connectivity index (χ2v) is 3.65. The number of nitrogen functional groups attached to an aromatic ring is 1. The van der Waals surface area contributed by atoms with E-state index < -0.39 is 6.99 Å². The van der Waals surface area contributed by atoms with Gasteiger partial charge in [-0.25, -0.2) is 4.98 Å². The van der Waals surface area contributed by atoms with Gasteiger partial charge in [0.25, 0.3) is 0 Å². The fraction of sp³-hybridized carbons (Fsp3) is 0.0833. The number of hydrogen-bond acceptors (Lipinski definition) is 2. The lowest BCUT2D eigenvalue weighted by Gasteiger charge is -2.08. The second-order valence-electron chi connectivity index (χ2n) is 3.65. The summed E-state index contributed by atoms with van der Waals surface area (Å²) in [4.78, 5) is 4.20. The van der Waals surface area contributed by atoms with Gasteiger partial charge < -0.3 is 10.0 Å². The summed E-state index contributed by atoms with van der Waals surface area (Å²) < 4.78 is 13.4. The number of benzene rings is 1. The van der Waals surface area contributed by atoms with Crippen LogP contribution in [-0.2, 0) is 0 Å². The number of rotatable bonds is 2. The summed E-state index contributed by atoms with van der Waals surface area (Å²) >= 11 is 0. The van der Waals surface area contributed by atoms with Gasteiger partial charge in [-0.1, -0.05) is 30.3 Å². The Hall–Kier alpha value is -1.84. The molecule has 2 N–H and O–H groups in total. The molecule has 80 valence electrons. The summed E-state index contributed by atoms with van der Waals surface area (Å²) in [6.45, 7) is 0.505. The molecule has 2 nitrogen and oxygen atoms in total. The molecule has 0 saturated heterocycles. The van der Waals surface area contributed by atoms with Gasteiger partial charge in [-0.15, -0.1) is 0 Å². The van der Waals surface area contributed by atoms with E-state index in [9.17, 15) is 4.32 Å². The van der Waals surface area contributed by atoms with Crippen LogP contribution in [0.15, 0.2) is 42.5 Å². The molecule has 16 heavy (non-hydrogen) atoms. The molecule has 1 aromatic heterocycles. The highest BCUT2D eigenvalue weighted by atomic mass is 19.1. The highest BCUT2D eigenvalue weighted by Crippen LogP contribution is 2.16. The quantitative estimate of drug-likeness (QED) is 0.777. The van der Waals surface area contributed by atoms with Gasteiger partial charge in [-0.3, -0.25) is 0 Å². The van der Waals surface area contributed by atoms with Crippen LogP contribution in [0.5, 0.6) is 0 Å². The van der Waals surface area contributed by atoms with Crippen molar-refractivity contribution in [2.45, 2.75) is 6.82 Å². The Labute approximate surface area is 94.5 Å². The molecule has 1 heterocycles. The maximum absolute atomic E-state index is 13.4. The Morgan fingerprint density at radius 1 is 1.12 bits per heavy atom. The van der Waals surface area contributed by atoms with Crippen molar-refractivity contribution in [1.82, 2.24) is 4.98 Å². The van der Waals surface area contributed by atoms with Crippen molar-refractivity contribution in [3.8, 4) is 11.3 Å². The predicted octanol–water partition coefficient (Wildman–Crippen LogP) is 2.13. The number of nitrogens with zero attached hydrogens (tertiary/aromatic N) is 1. The number of aromatic nitrogens is 1. The fourth-order valence-electron chi connectivity index (χ4n) is 1.68. The van der Waals surface area contributed by atoms with Gasteiger partial charge in [0, 0.05) is 0 Å². The van der Waals surface area contributed by atoms with Crippen LogP contribution in [0, 0.1) is 0 Å². The second kappa shape index (κ2) is 4.35. The van der Waals surface area contributed by atoms with E-state index >= 15 is 0 Å². The first-order chi connectivity index (χ1) is 7.68. The highest BCUT2D eigenvalue weighted by Gasteiger charge is 2.15. The van der Waals surface area contributed by atoms with E-state index in [1.165, 1.54) is 6.82 Å². The summed E-state index contributed by atoms with van der Waals surface area (Å²) in [5.74, 6) is 0.443. The molecule has 0 aliphatic heterocycles. The SMILES string of the molecule is CB(F)c1ccccc1-c1cccc(N)n1. The lowest BCUT2D eigenvalue weighted by atomic mass is 9.65. The smallest absolute Gasteiger partial charge is 0.378 e. The van der Waals surface area contributed by atoms with Crippen molar-refractivity contribution in [2.75, 3.05) is 5.73 Å². The summed E-state index contributed by atoms with van der Waals surface area (Å²) in [7, 11) is 0. The molecule has 0 unspecified atom stereocenters. The first-order valence-corrected chi connectivity index (χ1v) is 5.14. The average Bonchev–Trinajstić information content (AvgIpc) is 2.29. The summed E-state index contributed by atoms with van der Waals surface area (Å²) in [6, 6.07) is 12.7. The van der Waals surface area contributed by atoms with Gasteiger partial charge >= 0.3 is 6.99 Å². The molecule has 0 aliphatic carbocycles. The van der Waals surface area contributed by atoms with E-state index in [2.05, 4.69) is 4.98 Å². The Bertz CT molecular complexity index is 500. The van der Waals surface area contributed by atoms with Crippen LogP contribution in [0.25, 0.3) is 11.3 Å². The molecule has 0 fully saturated rings. The molecule has 0 atom stereocenters. The maximum atomic E-state index is 13.4. The number of nitrogens with two attached hydrogens (primary N) is 1. The summed E-state index contributed by atoms with van der Waals surface area (Å²) in [6.07, 6.45) is 0. The molecule has 2 aromatic rings. The molecule has 0 saturated carbocycles. The van der Waals surface area contributed by atoms with Crippen LogP contribution in [0.2, 0.25) is 6.82 Å². The number of hydrogen-bond donors (Lipinski definition) is 1. The van der Waals surface area contributed by atoms with Crippen molar-refractivity contribution in [3.63, 3.8) is 0 Å². The minimum Gasteiger partial charge on any atom is -0.384 e. The standard InChI is InChI=1S/C12H12BFN2/c1-13(14)10-6-3-2-5-9(10)11-7-4-8-12(15)16-11/h2-8H,1H3,(H2,15,16). The molecule has 1 aromatic carbocycles. The molecule has 4 heteroatoms. The topological polar surface area (TPSA) is 38.9 Å². The summed E-state index contributed by atoms with van der Waals surface area (Å²) in [5.41, 5.74) is 7.76. The van der Waals surface area contributed by atoms with E-state index in [-0.39, 0.29) is 0 Å². The minimum atomic E-state index is -1.01. The molecule has 0 radical (unpaired) electrons. The van der Waals surface area contributed by atoms with E-state index in [0.29, 0.717) is 17.0 Å². The normalized spacial score (nSPS) is 10.1. The van der Waals surface area contributed by atoms with E-state index in [4.69, 9.17) is 5.73 Å². The Morgan fingerprint density at radius 2 is 1.88 bits per heavy atom.